The van der Waals surface area contributed by atoms with Crippen molar-refractivity contribution >= 4 is 34.4 Å². The van der Waals surface area contributed by atoms with Crippen LogP contribution >= 0.6 is 11.8 Å². The molecule has 10 heteroatoms. The number of benzene rings is 2. The van der Waals surface area contributed by atoms with Crippen LogP contribution in [-0.2, 0) is 18.4 Å². The Balaban J connectivity index is 1.62. The van der Waals surface area contributed by atoms with Crippen molar-refractivity contribution in [3.8, 4) is 0 Å². The second kappa shape index (κ2) is 8.68. The van der Waals surface area contributed by atoms with Gasteiger partial charge in [0.25, 0.3) is 5.56 Å². The molecule has 0 aliphatic carbocycles. The molecule has 4 aromatic rings. The van der Waals surface area contributed by atoms with E-state index in [9.17, 15) is 18.4 Å². The number of thioether (sulfide) groups is 1. The first kappa shape index (κ1) is 20.7. The first-order valence-corrected chi connectivity index (χ1v) is 10.2. The van der Waals surface area contributed by atoms with Crippen molar-refractivity contribution in [1.82, 2.24) is 19.3 Å². The van der Waals surface area contributed by atoms with Crippen LogP contribution < -0.4 is 10.9 Å². The number of aromatic nitrogens is 4. The molecule has 158 valence electrons. The zero-order chi connectivity index (χ0) is 22.0. The highest BCUT2D eigenvalue weighted by Crippen LogP contribution is 2.20. The van der Waals surface area contributed by atoms with Crippen LogP contribution in [0, 0.1) is 11.6 Å². The molecule has 2 heterocycles. The topological polar surface area (TPSA) is 81.8 Å². The number of fused-ring (bicyclic) bond motifs is 1. The molecule has 0 aliphatic heterocycles. The van der Waals surface area contributed by atoms with Crippen molar-refractivity contribution in [2.75, 3.05) is 11.1 Å². The van der Waals surface area contributed by atoms with Gasteiger partial charge in [-0.1, -0.05) is 36.0 Å². The minimum absolute atomic E-state index is 0.0764. The zero-order valence-electron chi connectivity index (χ0n) is 16.4. The van der Waals surface area contributed by atoms with Gasteiger partial charge in [0.1, 0.15) is 17.2 Å². The molecule has 1 N–H and O–H groups in total. The quantitative estimate of drug-likeness (QED) is 0.367. The van der Waals surface area contributed by atoms with E-state index in [-0.39, 0.29) is 34.9 Å². The van der Waals surface area contributed by atoms with Gasteiger partial charge in [-0.3, -0.25) is 18.8 Å². The normalized spacial score (nSPS) is 11.1. The van der Waals surface area contributed by atoms with Gasteiger partial charge in [0, 0.05) is 7.05 Å². The van der Waals surface area contributed by atoms with Gasteiger partial charge in [0.05, 0.1) is 24.2 Å². The van der Waals surface area contributed by atoms with Crippen molar-refractivity contribution in [1.29, 1.82) is 0 Å². The van der Waals surface area contributed by atoms with E-state index in [0.29, 0.717) is 16.2 Å². The lowest BCUT2D eigenvalue weighted by molar-refractivity contribution is -0.113. The van der Waals surface area contributed by atoms with E-state index in [1.807, 2.05) is 0 Å². The molecule has 4 rings (SSSR count). The molecule has 0 bridgehead atoms. The van der Waals surface area contributed by atoms with Crippen molar-refractivity contribution in [3.63, 3.8) is 0 Å². The van der Waals surface area contributed by atoms with Crippen LogP contribution in [0.1, 0.15) is 5.56 Å². The van der Waals surface area contributed by atoms with Crippen molar-refractivity contribution < 1.29 is 13.6 Å². The van der Waals surface area contributed by atoms with E-state index in [0.717, 1.165) is 11.8 Å². The highest BCUT2D eigenvalue weighted by molar-refractivity contribution is 7.99. The van der Waals surface area contributed by atoms with Crippen LogP contribution in [-0.4, -0.2) is 31.0 Å². The van der Waals surface area contributed by atoms with E-state index in [2.05, 4.69) is 15.4 Å². The number of hydrogen-bond acceptors (Lipinski definition) is 5. The summed E-state index contributed by atoms with van der Waals surface area (Å²) in [4.78, 5) is 29.8. The second-order valence-corrected chi connectivity index (χ2v) is 7.71. The van der Waals surface area contributed by atoms with Crippen LogP contribution in [0.25, 0.3) is 11.0 Å². The number of nitrogens with zero attached hydrogens (tertiary/aromatic N) is 4. The third kappa shape index (κ3) is 4.64. The molecule has 1 amide bonds. The Morgan fingerprint density at radius 1 is 1.13 bits per heavy atom. The highest BCUT2D eigenvalue weighted by atomic mass is 32.2. The Bertz CT molecular complexity index is 1320. The fourth-order valence-corrected chi connectivity index (χ4v) is 3.79. The van der Waals surface area contributed by atoms with E-state index in [1.54, 1.807) is 31.4 Å². The summed E-state index contributed by atoms with van der Waals surface area (Å²) in [6, 6.07) is 11.6. The maximum atomic E-state index is 13.8. The van der Waals surface area contributed by atoms with Crippen molar-refractivity contribution in [3.05, 3.63) is 82.3 Å². The van der Waals surface area contributed by atoms with Crippen LogP contribution in [0.4, 0.5) is 14.5 Å². The number of aryl methyl sites for hydroxylation is 1. The summed E-state index contributed by atoms with van der Waals surface area (Å²) >= 11 is 1.05. The van der Waals surface area contributed by atoms with Crippen LogP contribution in [0.15, 0.2) is 64.7 Å². The minimum Gasteiger partial charge on any atom is -0.323 e. The number of para-hydroxylation sites is 1. The first-order valence-electron chi connectivity index (χ1n) is 9.26. The molecular weight excluding hydrogens is 424 g/mol. The van der Waals surface area contributed by atoms with Gasteiger partial charge < -0.3 is 5.32 Å². The largest absolute Gasteiger partial charge is 0.323 e. The summed E-state index contributed by atoms with van der Waals surface area (Å²) < 4.78 is 29.9. The maximum Gasteiger partial charge on any atom is 0.282 e. The molecule has 31 heavy (non-hydrogen) atoms. The minimum atomic E-state index is -0.538. The fraction of sp³-hybridized carbons (Fsp3) is 0.143. The number of nitrogens with one attached hydrogen (secondary N) is 1. The van der Waals surface area contributed by atoms with E-state index < -0.39 is 11.7 Å². The SMILES string of the molecule is Cn1cc2nc(SCC(=O)Nc3ccccc3F)n(Cc3ccc(F)cc3)c(=O)c2n1. The van der Waals surface area contributed by atoms with Gasteiger partial charge >= 0.3 is 0 Å². The third-order valence-electron chi connectivity index (χ3n) is 4.44. The maximum absolute atomic E-state index is 13.8. The number of rotatable bonds is 6. The Morgan fingerprint density at radius 2 is 1.87 bits per heavy atom. The first-order chi connectivity index (χ1) is 14.9. The molecular formula is C21H17F2N5O2S. The summed E-state index contributed by atoms with van der Waals surface area (Å²) in [7, 11) is 1.68. The van der Waals surface area contributed by atoms with Crippen LogP contribution in [0.5, 0.6) is 0 Å². The monoisotopic (exact) mass is 441 g/mol. The highest BCUT2D eigenvalue weighted by Gasteiger charge is 2.16. The number of halogens is 2. The summed E-state index contributed by atoms with van der Waals surface area (Å²) in [6.45, 7) is 0.135. The Hall–Kier alpha value is -3.53. The third-order valence-corrected chi connectivity index (χ3v) is 5.41. The number of hydrogen-bond donors (Lipinski definition) is 1. The summed E-state index contributed by atoms with van der Waals surface area (Å²) in [5.41, 5.74) is 1.00. The van der Waals surface area contributed by atoms with Gasteiger partial charge in [-0.25, -0.2) is 13.8 Å². The van der Waals surface area contributed by atoms with Gasteiger partial charge in [0.15, 0.2) is 10.7 Å². The smallest absolute Gasteiger partial charge is 0.282 e. The molecule has 0 saturated carbocycles. The average Bonchev–Trinajstić information content (AvgIpc) is 3.12. The molecule has 2 aromatic heterocycles. The average molecular weight is 441 g/mol. The molecule has 2 aromatic carbocycles. The molecule has 0 spiro atoms. The summed E-state index contributed by atoms with van der Waals surface area (Å²) in [5.74, 6) is -1.45. The van der Waals surface area contributed by atoms with Crippen molar-refractivity contribution in [2.45, 2.75) is 11.7 Å². The van der Waals surface area contributed by atoms with Crippen LogP contribution in [0.2, 0.25) is 0 Å². The predicted octanol–water partition coefficient (Wildman–Crippen LogP) is 3.19. The lowest BCUT2D eigenvalue weighted by atomic mass is 10.2. The summed E-state index contributed by atoms with van der Waals surface area (Å²) in [5, 5.41) is 6.97. The van der Waals surface area contributed by atoms with Gasteiger partial charge in [0.2, 0.25) is 5.91 Å². The Labute approximate surface area is 179 Å². The summed E-state index contributed by atoms with van der Waals surface area (Å²) in [6.07, 6.45) is 1.61. The zero-order valence-corrected chi connectivity index (χ0v) is 17.2. The number of anilines is 1. The molecule has 0 unspecified atom stereocenters. The molecule has 0 fully saturated rings. The van der Waals surface area contributed by atoms with E-state index in [4.69, 9.17) is 0 Å². The van der Waals surface area contributed by atoms with Gasteiger partial charge in [-0.15, -0.1) is 0 Å². The lowest BCUT2D eigenvalue weighted by Crippen LogP contribution is -2.25. The number of carbonyl (C=O) groups excluding carboxylic acids is 1. The standard InChI is InChI=1S/C21H17F2N5O2S/c1-27-11-17-19(26-27)20(30)28(10-13-6-8-14(22)9-7-13)21(25-17)31-12-18(29)24-16-5-3-2-4-15(16)23/h2-9,11H,10,12H2,1H3,(H,24,29). The molecule has 0 atom stereocenters. The molecule has 0 aliphatic rings. The van der Waals surface area contributed by atoms with Crippen LogP contribution in [0.3, 0.4) is 0 Å². The Kier molecular flexibility index (Phi) is 5.81. The number of amides is 1. The van der Waals surface area contributed by atoms with Gasteiger partial charge in [-0.05, 0) is 29.8 Å². The lowest BCUT2D eigenvalue weighted by Gasteiger charge is -2.12. The second-order valence-electron chi connectivity index (χ2n) is 6.77. The van der Waals surface area contributed by atoms with E-state index >= 15 is 0 Å². The van der Waals surface area contributed by atoms with Gasteiger partial charge in [-0.2, -0.15) is 5.10 Å². The predicted molar refractivity (Wildman–Crippen MR) is 114 cm³/mol. The fourth-order valence-electron chi connectivity index (χ4n) is 2.99. The molecule has 0 radical (unpaired) electrons. The molecule has 7 nitrogen and oxygen atoms in total. The van der Waals surface area contributed by atoms with Crippen molar-refractivity contribution in [2.24, 2.45) is 7.05 Å². The Morgan fingerprint density at radius 3 is 2.61 bits per heavy atom. The van der Waals surface area contributed by atoms with E-state index in [1.165, 1.54) is 39.6 Å². The number of carbonyl (C=O) groups is 1. The molecule has 0 saturated heterocycles.